The maximum Gasteiger partial charge on any atom is 0.237 e. The number of piperidine rings is 1. The summed E-state index contributed by atoms with van der Waals surface area (Å²) in [7, 11) is 0. The van der Waals surface area contributed by atoms with E-state index in [1.807, 2.05) is 4.90 Å². The number of morpholine rings is 1. The molecule has 0 bridgehead atoms. The van der Waals surface area contributed by atoms with Crippen LogP contribution < -0.4 is 5.32 Å². The zero-order chi connectivity index (χ0) is 16.9. The lowest BCUT2D eigenvalue weighted by atomic mass is 9.88. The van der Waals surface area contributed by atoms with Crippen molar-refractivity contribution in [1.29, 1.82) is 0 Å². The summed E-state index contributed by atoms with van der Waals surface area (Å²) in [6.07, 6.45) is 2.19. The van der Waals surface area contributed by atoms with E-state index in [0.717, 1.165) is 58.8 Å². The van der Waals surface area contributed by atoms with E-state index in [4.69, 9.17) is 4.74 Å². The molecule has 0 aliphatic carbocycles. The molecule has 6 heteroatoms. The molecule has 2 heterocycles. The number of nitrogens with zero attached hydrogens (tertiary/aromatic N) is 2. The van der Waals surface area contributed by atoms with Gasteiger partial charge in [0.1, 0.15) is 5.41 Å². The van der Waals surface area contributed by atoms with Gasteiger partial charge in [-0.15, -0.1) is 0 Å². The molecule has 1 atom stereocenters. The Bertz CT molecular complexity index is 419. The Kier molecular flexibility index (Phi) is 6.41. The fourth-order valence-electron chi connectivity index (χ4n) is 3.24. The Morgan fingerprint density at radius 3 is 2.57 bits per heavy atom. The van der Waals surface area contributed by atoms with Gasteiger partial charge in [0.2, 0.25) is 11.8 Å². The molecule has 0 radical (unpaired) electrons. The predicted octanol–water partition coefficient (Wildman–Crippen LogP) is 0.720. The van der Waals surface area contributed by atoms with Gasteiger partial charge in [-0.2, -0.15) is 0 Å². The van der Waals surface area contributed by atoms with Crippen LogP contribution in [0.1, 0.15) is 33.6 Å². The third-order valence-corrected chi connectivity index (χ3v) is 4.86. The van der Waals surface area contributed by atoms with Crippen LogP contribution in [0.3, 0.4) is 0 Å². The second kappa shape index (κ2) is 8.11. The summed E-state index contributed by atoms with van der Waals surface area (Å²) in [5.74, 6) is 0.301. The summed E-state index contributed by atoms with van der Waals surface area (Å²) in [5, 5.41) is 2.93. The molecule has 132 valence electrons. The Morgan fingerprint density at radius 2 is 1.91 bits per heavy atom. The number of nitrogens with one attached hydrogen (secondary N) is 1. The van der Waals surface area contributed by atoms with Crippen LogP contribution in [-0.2, 0) is 14.3 Å². The molecule has 6 nitrogen and oxygen atoms in total. The van der Waals surface area contributed by atoms with Crippen molar-refractivity contribution in [3.05, 3.63) is 0 Å². The van der Waals surface area contributed by atoms with E-state index in [1.165, 1.54) is 0 Å². The number of carbonyl (C=O) groups excluding carboxylic acids is 2. The lowest BCUT2D eigenvalue weighted by Crippen LogP contribution is -2.52. The van der Waals surface area contributed by atoms with Crippen LogP contribution in [0.15, 0.2) is 0 Å². The highest BCUT2D eigenvalue weighted by Crippen LogP contribution is 2.24. The quantitative estimate of drug-likeness (QED) is 0.757. The highest BCUT2D eigenvalue weighted by Gasteiger charge is 2.39. The van der Waals surface area contributed by atoms with E-state index in [9.17, 15) is 9.59 Å². The first-order valence-electron chi connectivity index (χ1n) is 8.79. The average molecular weight is 325 g/mol. The van der Waals surface area contributed by atoms with Crippen molar-refractivity contribution in [3.8, 4) is 0 Å². The van der Waals surface area contributed by atoms with E-state index < -0.39 is 5.41 Å². The highest BCUT2D eigenvalue weighted by molar-refractivity contribution is 6.04. The summed E-state index contributed by atoms with van der Waals surface area (Å²) >= 11 is 0. The van der Waals surface area contributed by atoms with Crippen molar-refractivity contribution >= 4 is 11.8 Å². The maximum absolute atomic E-state index is 12.7. The molecule has 2 saturated heterocycles. The fraction of sp³-hybridized carbons (Fsp3) is 0.882. The number of hydrogen-bond acceptors (Lipinski definition) is 4. The van der Waals surface area contributed by atoms with Crippen molar-refractivity contribution in [2.24, 2.45) is 11.3 Å². The number of ether oxygens (including phenoxy) is 1. The van der Waals surface area contributed by atoms with Crippen LogP contribution in [0.25, 0.3) is 0 Å². The van der Waals surface area contributed by atoms with Crippen molar-refractivity contribution in [2.45, 2.75) is 33.6 Å². The van der Waals surface area contributed by atoms with Crippen molar-refractivity contribution in [2.75, 3.05) is 52.5 Å². The number of likely N-dealkylation sites (tertiary alicyclic amines) is 1. The standard InChI is InChI=1S/C17H31N3O3/c1-14-5-4-7-20(13-14)16(22)17(2,3)15(21)18-6-8-19-9-11-23-12-10-19/h14H,4-13H2,1-3H3,(H,18,21). The second-order valence-electron chi connectivity index (χ2n) is 7.33. The lowest BCUT2D eigenvalue weighted by molar-refractivity contribution is -0.149. The largest absolute Gasteiger partial charge is 0.379 e. The smallest absolute Gasteiger partial charge is 0.237 e. The molecular weight excluding hydrogens is 294 g/mol. The second-order valence-corrected chi connectivity index (χ2v) is 7.33. The van der Waals surface area contributed by atoms with E-state index in [-0.39, 0.29) is 11.8 Å². The molecule has 2 aliphatic heterocycles. The highest BCUT2D eigenvalue weighted by atomic mass is 16.5. The Balaban J connectivity index is 1.79. The van der Waals surface area contributed by atoms with Gasteiger partial charge in [0, 0.05) is 39.3 Å². The van der Waals surface area contributed by atoms with Gasteiger partial charge in [-0.3, -0.25) is 14.5 Å². The van der Waals surface area contributed by atoms with Crippen LogP contribution in [0.2, 0.25) is 0 Å². The summed E-state index contributed by atoms with van der Waals surface area (Å²) < 4.78 is 5.31. The Hall–Kier alpha value is -1.14. The summed E-state index contributed by atoms with van der Waals surface area (Å²) in [6, 6.07) is 0. The first-order chi connectivity index (χ1) is 10.9. The van der Waals surface area contributed by atoms with Crippen LogP contribution in [0.5, 0.6) is 0 Å². The third kappa shape index (κ3) is 4.91. The summed E-state index contributed by atoms with van der Waals surface area (Å²) in [5.41, 5.74) is -0.998. The number of amides is 2. The Labute approximate surface area is 139 Å². The zero-order valence-electron chi connectivity index (χ0n) is 14.8. The van der Waals surface area contributed by atoms with Crippen molar-refractivity contribution in [1.82, 2.24) is 15.1 Å². The predicted molar refractivity (Wildman–Crippen MR) is 89.0 cm³/mol. The molecular formula is C17H31N3O3. The minimum atomic E-state index is -0.998. The molecule has 2 fully saturated rings. The van der Waals surface area contributed by atoms with E-state index in [2.05, 4.69) is 17.1 Å². The minimum absolute atomic E-state index is 0.0482. The van der Waals surface area contributed by atoms with Gasteiger partial charge in [0.15, 0.2) is 0 Å². The first-order valence-corrected chi connectivity index (χ1v) is 8.79. The first kappa shape index (κ1) is 18.2. The molecule has 1 unspecified atom stereocenters. The van der Waals surface area contributed by atoms with Gasteiger partial charge >= 0.3 is 0 Å². The number of rotatable bonds is 5. The van der Waals surface area contributed by atoms with E-state index >= 15 is 0 Å². The van der Waals surface area contributed by atoms with Gasteiger partial charge in [0.05, 0.1) is 13.2 Å². The van der Waals surface area contributed by atoms with E-state index in [1.54, 1.807) is 13.8 Å². The van der Waals surface area contributed by atoms with E-state index in [0.29, 0.717) is 12.5 Å². The van der Waals surface area contributed by atoms with Crippen LogP contribution in [0.4, 0.5) is 0 Å². The Morgan fingerprint density at radius 1 is 1.22 bits per heavy atom. The SMILES string of the molecule is CC1CCCN(C(=O)C(C)(C)C(=O)NCCN2CCOCC2)C1. The molecule has 0 spiro atoms. The molecule has 0 aromatic heterocycles. The normalized spacial score (nSPS) is 23.6. The lowest BCUT2D eigenvalue weighted by Gasteiger charge is -2.36. The van der Waals surface area contributed by atoms with Crippen molar-refractivity contribution in [3.63, 3.8) is 0 Å². The average Bonchev–Trinajstić information content (AvgIpc) is 2.55. The van der Waals surface area contributed by atoms with Gasteiger partial charge < -0.3 is 15.0 Å². The molecule has 0 aromatic carbocycles. The molecule has 1 N–H and O–H groups in total. The van der Waals surface area contributed by atoms with Crippen molar-refractivity contribution < 1.29 is 14.3 Å². The maximum atomic E-state index is 12.7. The third-order valence-electron chi connectivity index (χ3n) is 4.86. The molecule has 0 saturated carbocycles. The topological polar surface area (TPSA) is 61.9 Å². The van der Waals surface area contributed by atoms with Gasteiger partial charge in [0.25, 0.3) is 0 Å². The zero-order valence-corrected chi connectivity index (χ0v) is 14.8. The minimum Gasteiger partial charge on any atom is -0.379 e. The number of hydrogen-bond donors (Lipinski definition) is 1. The summed E-state index contributed by atoms with van der Waals surface area (Å²) in [6.45, 7) is 11.9. The number of carbonyl (C=O) groups is 2. The van der Waals surface area contributed by atoms with Crippen LogP contribution >= 0.6 is 0 Å². The molecule has 0 aromatic rings. The van der Waals surface area contributed by atoms with Gasteiger partial charge in [-0.1, -0.05) is 6.92 Å². The van der Waals surface area contributed by atoms with Crippen LogP contribution in [0, 0.1) is 11.3 Å². The molecule has 23 heavy (non-hydrogen) atoms. The molecule has 2 amide bonds. The molecule has 2 rings (SSSR count). The summed E-state index contributed by atoms with van der Waals surface area (Å²) in [4.78, 5) is 29.3. The monoisotopic (exact) mass is 325 g/mol. The molecule has 2 aliphatic rings. The van der Waals surface area contributed by atoms with Crippen LogP contribution in [-0.4, -0.2) is 74.1 Å². The van der Waals surface area contributed by atoms with Gasteiger partial charge in [-0.05, 0) is 32.6 Å². The van der Waals surface area contributed by atoms with Gasteiger partial charge in [-0.25, -0.2) is 0 Å². The fourth-order valence-corrected chi connectivity index (χ4v) is 3.24.